The summed E-state index contributed by atoms with van der Waals surface area (Å²) in [6.07, 6.45) is 1.52. The van der Waals surface area contributed by atoms with Crippen molar-refractivity contribution >= 4 is 22.5 Å². The molecule has 7 nitrogen and oxygen atoms in total. The van der Waals surface area contributed by atoms with Gasteiger partial charge in [-0.1, -0.05) is 23.7 Å². The van der Waals surface area contributed by atoms with E-state index < -0.39 is 0 Å². The van der Waals surface area contributed by atoms with Crippen LogP contribution in [0.15, 0.2) is 50.6 Å². The predicted octanol–water partition coefficient (Wildman–Crippen LogP) is 3.13. The van der Waals surface area contributed by atoms with Gasteiger partial charge in [0.25, 0.3) is 11.1 Å². The molecule has 27 heavy (non-hydrogen) atoms. The number of halogens is 1. The van der Waals surface area contributed by atoms with Crippen LogP contribution in [-0.2, 0) is 13.6 Å². The molecule has 3 heterocycles. The van der Waals surface area contributed by atoms with Gasteiger partial charge in [0.15, 0.2) is 5.15 Å². The third kappa shape index (κ3) is 2.54. The topological polar surface area (TPSA) is 75.0 Å². The van der Waals surface area contributed by atoms with Crippen molar-refractivity contribution in [3.05, 3.63) is 68.1 Å². The number of pyridine rings is 1. The van der Waals surface area contributed by atoms with Gasteiger partial charge in [0, 0.05) is 19.8 Å². The zero-order valence-electron chi connectivity index (χ0n) is 15.1. The summed E-state index contributed by atoms with van der Waals surface area (Å²) in [4.78, 5) is 29.2. The van der Waals surface area contributed by atoms with Crippen molar-refractivity contribution in [2.75, 3.05) is 0 Å². The Morgan fingerprint density at radius 3 is 2.41 bits per heavy atom. The minimum absolute atomic E-state index is 0.167. The molecular weight excluding hydrogens is 368 g/mol. The minimum Gasteiger partial charge on any atom is -0.381 e. The van der Waals surface area contributed by atoms with Crippen LogP contribution in [0.25, 0.3) is 27.7 Å². The van der Waals surface area contributed by atoms with E-state index >= 15 is 0 Å². The second-order valence-electron chi connectivity index (χ2n) is 6.20. The van der Waals surface area contributed by atoms with Gasteiger partial charge in [0.1, 0.15) is 11.3 Å². The van der Waals surface area contributed by atoms with Crippen LogP contribution < -0.4 is 11.1 Å². The van der Waals surface area contributed by atoms with Crippen molar-refractivity contribution in [1.29, 1.82) is 0 Å². The van der Waals surface area contributed by atoms with Gasteiger partial charge >= 0.3 is 0 Å². The van der Waals surface area contributed by atoms with Gasteiger partial charge in [0.2, 0.25) is 0 Å². The predicted molar refractivity (Wildman–Crippen MR) is 104 cm³/mol. The summed E-state index contributed by atoms with van der Waals surface area (Å²) in [5, 5.41) is 0.805. The van der Waals surface area contributed by atoms with E-state index in [4.69, 9.17) is 16.1 Å². The molecule has 0 aliphatic heterocycles. The lowest BCUT2D eigenvalue weighted by atomic mass is 10.1. The van der Waals surface area contributed by atoms with Gasteiger partial charge in [-0.2, -0.15) is 4.74 Å². The van der Waals surface area contributed by atoms with Gasteiger partial charge < -0.3 is 4.52 Å². The SMILES string of the molecule is CCn1c2c(Cl)nccc2c(=O)n1-c1ccc(-c2c(C)on(C)c2=O)cc1. The molecule has 0 aliphatic rings. The van der Waals surface area contributed by atoms with Crippen LogP contribution in [0.3, 0.4) is 0 Å². The van der Waals surface area contributed by atoms with Gasteiger partial charge in [-0.15, -0.1) is 0 Å². The highest BCUT2D eigenvalue weighted by molar-refractivity contribution is 6.33. The molecule has 0 aliphatic carbocycles. The van der Waals surface area contributed by atoms with Crippen LogP contribution in [-0.4, -0.2) is 19.1 Å². The average Bonchev–Trinajstić information content (AvgIpc) is 3.09. The Hall–Kier alpha value is -3.06. The number of fused-ring (bicyclic) bond motifs is 1. The monoisotopic (exact) mass is 384 g/mol. The molecule has 0 unspecified atom stereocenters. The Kier molecular flexibility index (Phi) is 4.04. The fourth-order valence-corrected chi connectivity index (χ4v) is 3.68. The van der Waals surface area contributed by atoms with Crippen LogP contribution in [0.4, 0.5) is 0 Å². The number of aryl methyl sites for hydroxylation is 3. The third-order valence-electron chi connectivity index (χ3n) is 4.63. The molecule has 8 heteroatoms. The quantitative estimate of drug-likeness (QED) is 0.508. The summed E-state index contributed by atoms with van der Waals surface area (Å²) in [5.74, 6) is 0.549. The van der Waals surface area contributed by atoms with Gasteiger partial charge in [0.05, 0.1) is 16.6 Å². The van der Waals surface area contributed by atoms with Crippen molar-refractivity contribution < 1.29 is 4.52 Å². The number of benzene rings is 1. The normalized spacial score (nSPS) is 11.4. The van der Waals surface area contributed by atoms with Crippen LogP contribution in [0.5, 0.6) is 0 Å². The first-order chi connectivity index (χ1) is 12.9. The lowest BCUT2D eigenvalue weighted by Crippen LogP contribution is -2.20. The minimum atomic E-state index is -0.196. The largest absolute Gasteiger partial charge is 0.381 e. The van der Waals surface area contributed by atoms with Gasteiger partial charge in [-0.25, -0.2) is 9.67 Å². The molecule has 0 radical (unpaired) electrons. The van der Waals surface area contributed by atoms with Gasteiger partial charge in [-0.3, -0.25) is 14.3 Å². The summed E-state index contributed by atoms with van der Waals surface area (Å²) in [6.45, 7) is 4.23. The molecule has 0 bridgehead atoms. The molecule has 4 aromatic rings. The molecule has 138 valence electrons. The summed E-state index contributed by atoms with van der Waals surface area (Å²) in [6, 6.07) is 8.88. The van der Waals surface area contributed by atoms with E-state index in [1.807, 2.05) is 6.92 Å². The molecule has 1 aromatic carbocycles. The standard InChI is InChI=1S/C19H17ClN4O3/c1-4-23-16-14(9-10-21-17(16)20)18(25)24(23)13-7-5-12(6-8-13)15-11(2)27-22(3)19(15)26/h5-10H,4H2,1-3H3. The average molecular weight is 385 g/mol. The van der Waals surface area contributed by atoms with Crippen LogP contribution in [0.2, 0.25) is 5.15 Å². The highest BCUT2D eigenvalue weighted by Crippen LogP contribution is 2.24. The number of aromatic nitrogens is 4. The van der Waals surface area contributed by atoms with Crippen molar-refractivity contribution in [3.63, 3.8) is 0 Å². The second-order valence-corrected chi connectivity index (χ2v) is 6.56. The first-order valence-electron chi connectivity index (χ1n) is 8.47. The Balaban J connectivity index is 1.91. The van der Waals surface area contributed by atoms with E-state index in [9.17, 15) is 9.59 Å². The summed E-state index contributed by atoms with van der Waals surface area (Å²) in [7, 11) is 1.57. The van der Waals surface area contributed by atoms with Crippen molar-refractivity contribution in [3.8, 4) is 16.8 Å². The van der Waals surface area contributed by atoms with Crippen LogP contribution in [0.1, 0.15) is 12.7 Å². The summed E-state index contributed by atoms with van der Waals surface area (Å²) >= 11 is 6.22. The Morgan fingerprint density at radius 2 is 1.81 bits per heavy atom. The van der Waals surface area contributed by atoms with Crippen molar-refractivity contribution in [2.45, 2.75) is 20.4 Å². The molecule has 0 saturated heterocycles. The lowest BCUT2D eigenvalue weighted by molar-refractivity contribution is 0.283. The molecular formula is C19H17ClN4O3. The smallest absolute Gasteiger partial charge is 0.290 e. The number of hydrogen-bond donors (Lipinski definition) is 0. The van der Waals surface area contributed by atoms with E-state index in [-0.39, 0.29) is 11.1 Å². The van der Waals surface area contributed by atoms with Crippen molar-refractivity contribution in [2.24, 2.45) is 7.05 Å². The highest BCUT2D eigenvalue weighted by Gasteiger charge is 2.18. The highest BCUT2D eigenvalue weighted by atomic mass is 35.5. The number of rotatable bonds is 3. The van der Waals surface area contributed by atoms with Gasteiger partial charge in [-0.05, 0) is 37.6 Å². The Labute approximate surface area is 159 Å². The Morgan fingerprint density at radius 1 is 1.11 bits per heavy atom. The molecule has 0 spiro atoms. The first-order valence-corrected chi connectivity index (χ1v) is 8.85. The zero-order valence-corrected chi connectivity index (χ0v) is 15.8. The molecule has 0 saturated carbocycles. The summed E-state index contributed by atoms with van der Waals surface area (Å²) in [5.41, 5.74) is 2.17. The lowest BCUT2D eigenvalue weighted by Gasteiger charge is -2.11. The van der Waals surface area contributed by atoms with E-state index in [2.05, 4.69) is 4.98 Å². The Bertz CT molecular complexity index is 1280. The summed E-state index contributed by atoms with van der Waals surface area (Å²) < 4.78 is 9.92. The number of hydrogen-bond acceptors (Lipinski definition) is 4. The molecule has 0 N–H and O–H groups in total. The molecule has 4 rings (SSSR count). The maximum atomic E-state index is 12.9. The fourth-order valence-electron chi connectivity index (χ4n) is 3.42. The van der Waals surface area contributed by atoms with Crippen molar-refractivity contribution in [1.82, 2.24) is 19.1 Å². The fraction of sp³-hybridized carbons (Fsp3) is 0.211. The maximum Gasteiger partial charge on any atom is 0.290 e. The second kappa shape index (κ2) is 6.28. The maximum absolute atomic E-state index is 12.9. The molecule has 0 atom stereocenters. The molecule has 3 aromatic heterocycles. The number of nitrogens with zero attached hydrogens (tertiary/aromatic N) is 4. The molecule has 0 fully saturated rings. The van der Waals surface area contributed by atoms with E-state index in [0.717, 1.165) is 5.56 Å². The molecule has 0 amide bonds. The van der Waals surface area contributed by atoms with E-state index in [1.165, 1.54) is 10.9 Å². The zero-order chi connectivity index (χ0) is 19.3. The van der Waals surface area contributed by atoms with E-state index in [1.54, 1.807) is 53.7 Å². The van der Waals surface area contributed by atoms with Crippen LogP contribution in [0, 0.1) is 6.92 Å². The third-order valence-corrected chi connectivity index (χ3v) is 4.90. The van der Waals surface area contributed by atoms with E-state index in [0.29, 0.717) is 39.6 Å². The van der Waals surface area contributed by atoms with Crippen LogP contribution >= 0.6 is 11.6 Å². The first kappa shape index (κ1) is 17.4.